The summed E-state index contributed by atoms with van der Waals surface area (Å²) < 4.78 is 4.93. The minimum Gasteiger partial charge on any atom is -0.383 e. The van der Waals surface area contributed by atoms with Crippen molar-refractivity contribution < 1.29 is 9.53 Å². The Balaban J connectivity index is 1.86. The van der Waals surface area contributed by atoms with Crippen LogP contribution in [-0.4, -0.2) is 32.7 Å². The van der Waals surface area contributed by atoms with E-state index in [1.807, 2.05) is 24.3 Å². The average molecular weight is 297 g/mol. The molecule has 0 aliphatic heterocycles. The van der Waals surface area contributed by atoms with Gasteiger partial charge in [0.05, 0.1) is 19.2 Å². The van der Waals surface area contributed by atoms with E-state index < -0.39 is 0 Å². The summed E-state index contributed by atoms with van der Waals surface area (Å²) in [5, 5.41) is 6.88. The molecule has 4 nitrogen and oxygen atoms in total. The maximum Gasteiger partial charge on any atom is 0.234 e. The predicted molar refractivity (Wildman–Crippen MR) is 79.8 cm³/mol. The highest BCUT2D eigenvalue weighted by Gasteiger charge is 2.33. The van der Waals surface area contributed by atoms with Crippen LogP contribution in [0.3, 0.4) is 0 Å². The van der Waals surface area contributed by atoms with Gasteiger partial charge < -0.3 is 15.4 Å². The number of carbonyl (C=O) groups excluding carboxylic acids is 1. The number of hydrogen-bond acceptors (Lipinski definition) is 3. The Bertz CT molecular complexity index is 432. The van der Waals surface area contributed by atoms with E-state index in [0.29, 0.717) is 25.6 Å². The van der Waals surface area contributed by atoms with E-state index in [1.165, 1.54) is 12.8 Å². The third-order valence-corrected chi connectivity index (χ3v) is 3.66. The fourth-order valence-corrected chi connectivity index (χ4v) is 2.30. The van der Waals surface area contributed by atoms with Crippen LogP contribution in [0.4, 0.5) is 0 Å². The Kier molecular flexibility index (Phi) is 5.83. The summed E-state index contributed by atoms with van der Waals surface area (Å²) in [6, 6.07) is 7.82. The molecule has 1 fully saturated rings. The molecule has 0 saturated heterocycles. The number of amides is 1. The minimum atomic E-state index is 0.0213. The van der Waals surface area contributed by atoms with Crippen LogP contribution in [0.15, 0.2) is 24.3 Å². The molecule has 1 amide bonds. The van der Waals surface area contributed by atoms with Gasteiger partial charge in [0.1, 0.15) is 0 Å². The van der Waals surface area contributed by atoms with Crippen LogP contribution in [0.1, 0.15) is 24.4 Å². The van der Waals surface area contributed by atoms with Crippen molar-refractivity contribution in [3.8, 4) is 0 Å². The lowest BCUT2D eigenvalue weighted by Gasteiger charge is -2.19. The Morgan fingerprint density at radius 2 is 2.10 bits per heavy atom. The van der Waals surface area contributed by atoms with Crippen LogP contribution < -0.4 is 10.6 Å². The second-order valence-electron chi connectivity index (χ2n) is 5.10. The van der Waals surface area contributed by atoms with Crippen LogP contribution in [0.2, 0.25) is 5.02 Å². The SMILES string of the molecule is COCCNCC(=O)NC(c1ccc(Cl)cc1)C1CC1. The van der Waals surface area contributed by atoms with Crippen molar-refractivity contribution in [1.82, 2.24) is 10.6 Å². The second kappa shape index (κ2) is 7.62. The predicted octanol–water partition coefficient (Wildman–Crippen LogP) is 2.14. The molecule has 0 heterocycles. The zero-order valence-corrected chi connectivity index (χ0v) is 12.5. The molecule has 0 spiro atoms. The molecule has 1 aromatic rings. The summed E-state index contributed by atoms with van der Waals surface area (Å²) in [6.45, 7) is 1.61. The number of nitrogens with one attached hydrogen (secondary N) is 2. The van der Waals surface area contributed by atoms with Gasteiger partial charge in [-0.15, -0.1) is 0 Å². The molecule has 2 rings (SSSR count). The van der Waals surface area contributed by atoms with Gasteiger partial charge in [-0.25, -0.2) is 0 Å². The van der Waals surface area contributed by atoms with E-state index in [0.717, 1.165) is 10.6 Å². The molecule has 1 aliphatic carbocycles. The van der Waals surface area contributed by atoms with Gasteiger partial charge in [0.25, 0.3) is 0 Å². The number of halogens is 1. The summed E-state index contributed by atoms with van der Waals surface area (Å²) in [6.07, 6.45) is 2.34. The van der Waals surface area contributed by atoms with E-state index in [4.69, 9.17) is 16.3 Å². The van der Waals surface area contributed by atoms with E-state index in [1.54, 1.807) is 7.11 Å². The van der Waals surface area contributed by atoms with E-state index in [2.05, 4.69) is 10.6 Å². The first kappa shape index (κ1) is 15.3. The lowest BCUT2D eigenvalue weighted by atomic mass is 10.0. The quantitative estimate of drug-likeness (QED) is 0.723. The lowest BCUT2D eigenvalue weighted by Crippen LogP contribution is -2.38. The first-order valence-electron chi connectivity index (χ1n) is 6.95. The molecule has 0 radical (unpaired) electrons. The number of rotatable bonds is 8. The van der Waals surface area contributed by atoms with Crippen molar-refractivity contribution in [3.63, 3.8) is 0 Å². The lowest BCUT2D eigenvalue weighted by molar-refractivity contribution is -0.121. The summed E-state index contributed by atoms with van der Waals surface area (Å²) in [5.41, 5.74) is 1.13. The maximum absolute atomic E-state index is 11.9. The molecule has 1 aliphatic rings. The highest BCUT2D eigenvalue weighted by molar-refractivity contribution is 6.30. The molecule has 1 atom stereocenters. The monoisotopic (exact) mass is 296 g/mol. The minimum absolute atomic E-state index is 0.0213. The van der Waals surface area contributed by atoms with Gasteiger partial charge in [0, 0.05) is 18.7 Å². The molecular formula is C15H21ClN2O2. The van der Waals surface area contributed by atoms with Crippen molar-refractivity contribution in [2.24, 2.45) is 5.92 Å². The van der Waals surface area contributed by atoms with Crippen molar-refractivity contribution >= 4 is 17.5 Å². The number of hydrogen-bond donors (Lipinski definition) is 2. The van der Waals surface area contributed by atoms with Gasteiger partial charge in [-0.05, 0) is 36.5 Å². The second-order valence-corrected chi connectivity index (χ2v) is 5.54. The van der Waals surface area contributed by atoms with Gasteiger partial charge >= 0.3 is 0 Å². The maximum atomic E-state index is 11.9. The third-order valence-electron chi connectivity index (χ3n) is 3.41. The molecule has 0 aromatic heterocycles. The Hall–Kier alpha value is -1.10. The Morgan fingerprint density at radius 3 is 2.70 bits per heavy atom. The molecule has 1 saturated carbocycles. The van der Waals surface area contributed by atoms with Gasteiger partial charge in [-0.3, -0.25) is 4.79 Å². The average Bonchev–Trinajstić information content (AvgIpc) is 3.27. The largest absolute Gasteiger partial charge is 0.383 e. The number of benzene rings is 1. The molecule has 1 aromatic carbocycles. The molecule has 1 unspecified atom stereocenters. The van der Waals surface area contributed by atoms with Crippen molar-refractivity contribution in [1.29, 1.82) is 0 Å². The molecule has 20 heavy (non-hydrogen) atoms. The topological polar surface area (TPSA) is 50.4 Å². The van der Waals surface area contributed by atoms with Crippen molar-refractivity contribution in [2.45, 2.75) is 18.9 Å². The van der Waals surface area contributed by atoms with E-state index in [9.17, 15) is 4.79 Å². The smallest absolute Gasteiger partial charge is 0.234 e. The Labute approximate surface area is 124 Å². The fraction of sp³-hybridized carbons (Fsp3) is 0.533. The van der Waals surface area contributed by atoms with E-state index >= 15 is 0 Å². The zero-order chi connectivity index (χ0) is 14.4. The number of methoxy groups -OCH3 is 1. The van der Waals surface area contributed by atoms with Gasteiger partial charge in [-0.2, -0.15) is 0 Å². The van der Waals surface area contributed by atoms with Crippen molar-refractivity contribution in [3.05, 3.63) is 34.9 Å². The summed E-state index contributed by atoms with van der Waals surface area (Å²) in [4.78, 5) is 11.9. The summed E-state index contributed by atoms with van der Waals surface area (Å²) >= 11 is 5.91. The summed E-state index contributed by atoms with van der Waals surface area (Å²) in [5.74, 6) is 0.576. The standard InChI is InChI=1S/C15H21ClN2O2/c1-20-9-8-17-10-14(19)18-15(11-2-3-11)12-4-6-13(16)7-5-12/h4-7,11,15,17H,2-3,8-10H2,1H3,(H,18,19). The van der Waals surface area contributed by atoms with Gasteiger partial charge in [0.2, 0.25) is 5.91 Å². The van der Waals surface area contributed by atoms with Crippen LogP contribution >= 0.6 is 11.6 Å². The number of carbonyl (C=O) groups is 1. The van der Waals surface area contributed by atoms with E-state index in [-0.39, 0.29) is 11.9 Å². The van der Waals surface area contributed by atoms with Crippen LogP contribution in [0.5, 0.6) is 0 Å². The molecule has 5 heteroatoms. The summed E-state index contributed by atoms with van der Waals surface area (Å²) in [7, 11) is 1.64. The first-order chi connectivity index (χ1) is 9.70. The van der Waals surface area contributed by atoms with Gasteiger partial charge in [0.15, 0.2) is 0 Å². The van der Waals surface area contributed by atoms with Crippen LogP contribution in [0.25, 0.3) is 0 Å². The zero-order valence-electron chi connectivity index (χ0n) is 11.7. The first-order valence-corrected chi connectivity index (χ1v) is 7.33. The number of ether oxygens (including phenoxy) is 1. The highest BCUT2D eigenvalue weighted by Crippen LogP contribution is 2.41. The molecule has 110 valence electrons. The highest BCUT2D eigenvalue weighted by atomic mass is 35.5. The van der Waals surface area contributed by atoms with Crippen molar-refractivity contribution in [2.75, 3.05) is 26.8 Å². The van der Waals surface area contributed by atoms with Gasteiger partial charge in [-0.1, -0.05) is 23.7 Å². The third kappa shape index (κ3) is 4.78. The molecule has 0 bridgehead atoms. The van der Waals surface area contributed by atoms with Crippen LogP contribution in [-0.2, 0) is 9.53 Å². The molecule has 2 N–H and O–H groups in total. The normalized spacial score (nSPS) is 15.9. The Morgan fingerprint density at radius 1 is 1.40 bits per heavy atom. The fourth-order valence-electron chi connectivity index (χ4n) is 2.17. The van der Waals surface area contributed by atoms with Crippen LogP contribution in [0, 0.1) is 5.92 Å². The molecular weight excluding hydrogens is 276 g/mol.